The van der Waals surface area contributed by atoms with Crippen molar-refractivity contribution in [2.75, 3.05) is 13.2 Å². The van der Waals surface area contributed by atoms with E-state index in [4.69, 9.17) is 9.94 Å². The minimum atomic E-state index is -0.478. The van der Waals surface area contributed by atoms with Gasteiger partial charge in [0.05, 0.1) is 13.2 Å². The van der Waals surface area contributed by atoms with Crippen LogP contribution in [0, 0.1) is 5.92 Å². The minimum absolute atomic E-state index is 0.0197. The van der Waals surface area contributed by atoms with Gasteiger partial charge in [-0.05, 0) is 29.0 Å². The Balaban J connectivity index is 2.47. The number of nitrogens with one attached hydrogen (secondary N) is 2. The summed E-state index contributed by atoms with van der Waals surface area (Å²) in [5.74, 6) is -0.742. The van der Waals surface area contributed by atoms with Gasteiger partial charge in [0.2, 0.25) is 0 Å². The largest absolute Gasteiger partial charge is 0.394 e. The Morgan fingerprint density at radius 1 is 1.17 bits per heavy atom. The van der Waals surface area contributed by atoms with Crippen LogP contribution in [0.5, 0.6) is 0 Å². The topological polar surface area (TPSA) is 87.7 Å². The van der Waals surface area contributed by atoms with Crippen LogP contribution in [0.2, 0.25) is 0 Å². The Kier molecular flexibility index (Phi) is 7.38. The average Bonchev–Trinajstić information content (AvgIpc) is 2.52. The number of carbonyl (C=O) groups excluding carboxylic acids is 2. The fraction of sp³-hybridized carbons (Fsp3) is 0.556. The number of hydrogen-bond donors (Lipinski definition) is 3. The van der Waals surface area contributed by atoms with E-state index in [0.717, 1.165) is 5.56 Å². The van der Waals surface area contributed by atoms with Gasteiger partial charge in [0.1, 0.15) is 6.10 Å². The van der Waals surface area contributed by atoms with E-state index in [0.29, 0.717) is 5.56 Å². The number of hydroxylamine groups is 1. The highest BCUT2D eigenvalue weighted by molar-refractivity contribution is 5.96. The quantitative estimate of drug-likeness (QED) is 0.662. The highest BCUT2D eigenvalue weighted by Gasteiger charge is 2.16. The van der Waals surface area contributed by atoms with E-state index in [1.54, 1.807) is 12.1 Å². The molecule has 0 saturated heterocycles. The molecule has 1 aromatic rings. The molecule has 6 nitrogen and oxygen atoms in total. The first-order chi connectivity index (χ1) is 11.1. The Bertz CT molecular complexity index is 547. The van der Waals surface area contributed by atoms with Crippen LogP contribution in [-0.2, 0) is 15.0 Å². The molecule has 134 valence electrons. The van der Waals surface area contributed by atoms with Crippen molar-refractivity contribution in [1.82, 2.24) is 10.8 Å². The zero-order chi connectivity index (χ0) is 18.3. The molecule has 0 bridgehead atoms. The molecule has 1 aromatic carbocycles. The summed E-state index contributed by atoms with van der Waals surface area (Å²) in [5, 5.41) is 11.6. The Labute approximate surface area is 143 Å². The van der Waals surface area contributed by atoms with E-state index in [1.165, 1.54) is 0 Å². The van der Waals surface area contributed by atoms with E-state index >= 15 is 0 Å². The third kappa shape index (κ3) is 6.29. The van der Waals surface area contributed by atoms with Gasteiger partial charge in [-0.25, -0.2) is 5.48 Å². The number of amides is 2. The van der Waals surface area contributed by atoms with Gasteiger partial charge in [0.15, 0.2) is 0 Å². The van der Waals surface area contributed by atoms with Crippen LogP contribution >= 0.6 is 0 Å². The summed E-state index contributed by atoms with van der Waals surface area (Å²) >= 11 is 0. The van der Waals surface area contributed by atoms with Gasteiger partial charge in [-0.1, -0.05) is 46.8 Å². The van der Waals surface area contributed by atoms with Crippen LogP contribution < -0.4 is 10.8 Å². The Morgan fingerprint density at radius 3 is 2.21 bits per heavy atom. The van der Waals surface area contributed by atoms with Gasteiger partial charge < -0.3 is 10.4 Å². The Morgan fingerprint density at radius 2 is 1.75 bits per heavy atom. The minimum Gasteiger partial charge on any atom is -0.394 e. The van der Waals surface area contributed by atoms with Gasteiger partial charge in [-0.3, -0.25) is 14.4 Å². The van der Waals surface area contributed by atoms with Crippen LogP contribution in [0.1, 0.15) is 50.5 Å². The molecular weight excluding hydrogens is 308 g/mol. The third-order valence-corrected chi connectivity index (χ3v) is 3.67. The SMILES string of the molecule is CC(C)C(CO)ONC(=O)CNC(=O)c1ccc(C(C)(C)C)cc1. The van der Waals surface area contributed by atoms with Gasteiger partial charge in [0, 0.05) is 5.56 Å². The lowest BCUT2D eigenvalue weighted by Crippen LogP contribution is -2.40. The average molecular weight is 336 g/mol. The molecule has 0 aliphatic heterocycles. The van der Waals surface area contributed by atoms with Crippen molar-refractivity contribution in [1.29, 1.82) is 0 Å². The number of hydrogen-bond acceptors (Lipinski definition) is 4. The van der Waals surface area contributed by atoms with E-state index in [1.807, 2.05) is 26.0 Å². The monoisotopic (exact) mass is 336 g/mol. The summed E-state index contributed by atoms with van der Waals surface area (Å²) in [6.07, 6.45) is -0.477. The van der Waals surface area contributed by atoms with Crippen LogP contribution in [0.4, 0.5) is 0 Å². The molecule has 0 aliphatic carbocycles. The molecule has 6 heteroatoms. The second-order valence-electron chi connectivity index (χ2n) is 7.12. The van der Waals surface area contributed by atoms with Gasteiger partial charge >= 0.3 is 0 Å². The third-order valence-electron chi connectivity index (χ3n) is 3.67. The normalized spacial score (nSPS) is 12.8. The van der Waals surface area contributed by atoms with Gasteiger partial charge in [0.25, 0.3) is 11.8 Å². The molecule has 2 amide bonds. The number of aliphatic hydroxyl groups excluding tert-OH is 1. The lowest BCUT2D eigenvalue weighted by atomic mass is 9.87. The predicted molar refractivity (Wildman–Crippen MR) is 92.4 cm³/mol. The van der Waals surface area contributed by atoms with Crippen molar-refractivity contribution in [2.45, 2.75) is 46.1 Å². The van der Waals surface area contributed by atoms with Crippen molar-refractivity contribution >= 4 is 11.8 Å². The molecular formula is C18H28N2O4. The van der Waals surface area contributed by atoms with Crippen LogP contribution in [0.15, 0.2) is 24.3 Å². The van der Waals surface area contributed by atoms with Crippen molar-refractivity contribution in [3.63, 3.8) is 0 Å². The molecule has 0 radical (unpaired) electrons. The number of rotatable bonds is 7. The first-order valence-corrected chi connectivity index (χ1v) is 8.09. The number of carbonyl (C=O) groups is 2. The first kappa shape index (κ1) is 20.1. The molecule has 0 aliphatic rings. The molecule has 0 heterocycles. The van der Waals surface area contributed by atoms with Crippen LogP contribution in [0.25, 0.3) is 0 Å². The molecule has 0 aromatic heterocycles. The maximum Gasteiger partial charge on any atom is 0.262 e. The molecule has 0 spiro atoms. The summed E-state index contributed by atoms with van der Waals surface area (Å²) in [6, 6.07) is 7.30. The predicted octanol–water partition coefficient (Wildman–Crippen LogP) is 1.78. The molecule has 1 unspecified atom stereocenters. The summed E-state index contributed by atoms with van der Waals surface area (Å²) in [6.45, 7) is 9.66. The van der Waals surface area contributed by atoms with Crippen molar-refractivity contribution < 1.29 is 19.5 Å². The number of aliphatic hydroxyl groups is 1. The lowest BCUT2D eigenvalue weighted by Gasteiger charge is -2.19. The zero-order valence-corrected chi connectivity index (χ0v) is 15.1. The fourth-order valence-corrected chi connectivity index (χ4v) is 1.95. The molecule has 1 atom stereocenters. The Hall–Kier alpha value is -1.92. The maximum atomic E-state index is 12.0. The number of benzene rings is 1. The van der Waals surface area contributed by atoms with E-state index in [-0.39, 0.29) is 30.4 Å². The van der Waals surface area contributed by atoms with E-state index in [2.05, 4.69) is 31.6 Å². The zero-order valence-electron chi connectivity index (χ0n) is 15.1. The fourth-order valence-electron chi connectivity index (χ4n) is 1.95. The van der Waals surface area contributed by atoms with Crippen molar-refractivity contribution in [3.8, 4) is 0 Å². The summed E-state index contributed by atoms with van der Waals surface area (Å²) in [4.78, 5) is 28.8. The lowest BCUT2D eigenvalue weighted by molar-refractivity contribution is -0.142. The van der Waals surface area contributed by atoms with Crippen molar-refractivity contribution in [2.24, 2.45) is 5.92 Å². The smallest absolute Gasteiger partial charge is 0.262 e. The molecule has 0 saturated carbocycles. The van der Waals surface area contributed by atoms with Crippen LogP contribution in [0.3, 0.4) is 0 Å². The van der Waals surface area contributed by atoms with E-state index < -0.39 is 12.0 Å². The summed E-state index contributed by atoms with van der Waals surface area (Å²) in [7, 11) is 0. The molecule has 1 rings (SSSR count). The van der Waals surface area contributed by atoms with E-state index in [9.17, 15) is 9.59 Å². The van der Waals surface area contributed by atoms with Crippen molar-refractivity contribution in [3.05, 3.63) is 35.4 Å². The molecule has 3 N–H and O–H groups in total. The molecule has 0 fully saturated rings. The maximum absolute atomic E-state index is 12.0. The molecule has 24 heavy (non-hydrogen) atoms. The van der Waals surface area contributed by atoms with Crippen LogP contribution in [-0.4, -0.2) is 36.2 Å². The highest BCUT2D eigenvalue weighted by Crippen LogP contribution is 2.22. The first-order valence-electron chi connectivity index (χ1n) is 8.09. The van der Waals surface area contributed by atoms with Gasteiger partial charge in [-0.2, -0.15) is 0 Å². The van der Waals surface area contributed by atoms with Gasteiger partial charge in [-0.15, -0.1) is 0 Å². The summed E-state index contributed by atoms with van der Waals surface area (Å²) in [5.41, 5.74) is 3.88. The second kappa shape index (κ2) is 8.80. The summed E-state index contributed by atoms with van der Waals surface area (Å²) < 4.78 is 0. The second-order valence-corrected chi connectivity index (χ2v) is 7.12. The highest BCUT2D eigenvalue weighted by atomic mass is 16.7. The standard InChI is InChI=1S/C18H28N2O4/c1-12(2)15(11-21)24-20-16(22)10-19-17(23)13-6-8-14(9-7-13)18(3,4)5/h6-9,12,15,21H,10-11H2,1-5H3,(H,19,23)(H,20,22).